The smallest absolute Gasteiger partial charge is 0.191 e. The number of ether oxygens (including phenoxy) is 1. The molecule has 138 valence electrons. The molecule has 1 unspecified atom stereocenters. The molecule has 0 fully saturated rings. The van der Waals surface area contributed by atoms with E-state index in [9.17, 15) is 0 Å². The molecule has 6 heteroatoms. The molecule has 0 heterocycles. The van der Waals surface area contributed by atoms with E-state index < -0.39 is 0 Å². The van der Waals surface area contributed by atoms with Gasteiger partial charge >= 0.3 is 0 Å². The Balaban J connectivity index is 0.00000529. The first-order valence-corrected chi connectivity index (χ1v) is 8.46. The van der Waals surface area contributed by atoms with Crippen molar-refractivity contribution in [2.75, 3.05) is 33.8 Å². The number of hydrogen-bond acceptors (Lipinski definition) is 3. The van der Waals surface area contributed by atoms with Gasteiger partial charge in [0.2, 0.25) is 0 Å². The molecule has 0 spiro atoms. The van der Waals surface area contributed by atoms with Crippen molar-refractivity contribution in [1.29, 1.82) is 0 Å². The fraction of sp³-hybridized carbons (Fsp3) is 0.611. The van der Waals surface area contributed by atoms with Crippen molar-refractivity contribution >= 4 is 29.9 Å². The molecule has 0 aliphatic rings. The highest BCUT2D eigenvalue weighted by Crippen LogP contribution is 2.11. The van der Waals surface area contributed by atoms with Crippen molar-refractivity contribution in [3.05, 3.63) is 29.8 Å². The van der Waals surface area contributed by atoms with E-state index in [4.69, 9.17) is 4.74 Å². The Morgan fingerprint density at radius 3 is 2.42 bits per heavy atom. The third kappa shape index (κ3) is 8.73. The van der Waals surface area contributed by atoms with Crippen LogP contribution in [0, 0.1) is 0 Å². The molecule has 0 bridgehead atoms. The molecule has 0 saturated heterocycles. The zero-order valence-electron chi connectivity index (χ0n) is 15.6. The fourth-order valence-corrected chi connectivity index (χ4v) is 2.13. The first-order valence-electron chi connectivity index (χ1n) is 8.46. The Labute approximate surface area is 164 Å². The summed E-state index contributed by atoms with van der Waals surface area (Å²) in [6, 6.07) is 8.62. The number of nitrogens with zero attached hydrogens (tertiary/aromatic N) is 2. The molecular formula is C18H33IN4O. The van der Waals surface area contributed by atoms with E-state index in [2.05, 4.69) is 48.3 Å². The van der Waals surface area contributed by atoms with Crippen molar-refractivity contribution in [2.45, 2.75) is 39.8 Å². The van der Waals surface area contributed by atoms with Crippen LogP contribution in [0.25, 0.3) is 0 Å². The van der Waals surface area contributed by atoms with Gasteiger partial charge < -0.3 is 20.3 Å². The van der Waals surface area contributed by atoms with Gasteiger partial charge in [0.15, 0.2) is 5.96 Å². The monoisotopic (exact) mass is 448 g/mol. The summed E-state index contributed by atoms with van der Waals surface area (Å²) in [5.74, 6) is 1.73. The van der Waals surface area contributed by atoms with E-state index in [1.54, 1.807) is 7.11 Å². The Morgan fingerprint density at radius 2 is 1.88 bits per heavy atom. The van der Waals surface area contributed by atoms with Crippen molar-refractivity contribution in [3.63, 3.8) is 0 Å². The Morgan fingerprint density at radius 1 is 1.21 bits per heavy atom. The average molecular weight is 448 g/mol. The molecule has 0 amide bonds. The predicted molar refractivity (Wildman–Crippen MR) is 114 cm³/mol. The number of nitrogens with one attached hydrogen (secondary N) is 2. The SMILES string of the molecule is CCNC(=NCc1ccc(OC)cc1)NCCN(C)C(C)CC.I. The lowest BCUT2D eigenvalue weighted by atomic mass is 10.2. The normalized spacial score (nSPS) is 12.5. The van der Waals surface area contributed by atoms with Gasteiger partial charge in [0.05, 0.1) is 13.7 Å². The third-order valence-corrected chi connectivity index (χ3v) is 4.02. The van der Waals surface area contributed by atoms with Gasteiger partial charge in [-0.1, -0.05) is 19.1 Å². The molecule has 1 aromatic carbocycles. The van der Waals surface area contributed by atoms with Gasteiger partial charge in [-0.3, -0.25) is 0 Å². The van der Waals surface area contributed by atoms with E-state index in [1.807, 2.05) is 24.3 Å². The first kappa shape index (κ1) is 23.0. The van der Waals surface area contributed by atoms with Gasteiger partial charge in [0.25, 0.3) is 0 Å². The number of hydrogen-bond donors (Lipinski definition) is 2. The maximum absolute atomic E-state index is 5.17. The number of halogens is 1. The number of rotatable bonds is 9. The summed E-state index contributed by atoms with van der Waals surface area (Å²) in [5.41, 5.74) is 1.17. The topological polar surface area (TPSA) is 48.9 Å². The molecule has 5 nitrogen and oxygen atoms in total. The van der Waals surface area contributed by atoms with Gasteiger partial charge in [0, 0.05) is 25.7 Å². The summed E-state index contributed by atoms with van der Waals surface area (Å²) >= 11 is 0. The van der Waals surface area contributed by atoms with Crippen LogP contribution in [0.15, 0.2) is 29.3 Å². The predicted octanol–water partition coefficient (Wildman–Crippen LogP) is 3.10. The van der Waals surface area contributed by atoms with Crippen molar-refractivity contribution in [3.8, 4) is 5.75 Å². The van der Waals surface area contributed by atoms with E-state index in [0.717, 1.165) is 31.3 Å². The van der Waals surface area contributed by atoms with Gasteiger partial charge in [-0.05, 0) is 45.0 Å². The summed E-state index contributed by atoms with van der Waals surface area (Å²) in [4.78, 5) is 7.00. The molecule has 1 atom stereocenters. The van der Waals surface area contributed by atoms with Crippen LogP contribution in [0.1, 0.15) is 32.8 Å². The molecule has 1 rings (SSSR count). The highest BCUT2D eigenvalue weighted by atomic mass is 127. The minimum Gasteiger partial charge on any atom is -0.497 e. The van der Waals surface area contributed by atoms with E-state index in [1.165, 1.54) is 12.0 Å². The minimum absolute atomic E-state index is 0. The highest BCUT2D eigenvalue weighted by molar-refractivity contribution is 14.0. The maximum atomic E-state index is 5.17. The summed E-state index contributed by atoms with van der Waals surface area (Å²) in [7, 11) is 3.84. The number of methoxy groups -OCH3 is 1. The molecule has 1 aromatic rings. The number of aliphatic imine (C=N–C) groups is 1. The molecule has 0 radical (unpaired) electrons. The standard InChI is InChI=1S/C18H32N4O.HI/c1-6-15(3)22(4)13-12-20-18(19-7-2)21-14-16-8-10-17(23-5)11-9-16;/h8-11,15H,6-7,12-14H2,1-5H3,(H2,19,20,21);1H. The van der Waals surface area contributed by atoms with Gasteiger partial charge in [-0.25, -0.2) is 4.99 Å². The highest BCUT2D eigenvalue weighted by Gasteiger charge is 2.06. The van der Waals surface area contributed by atoms with Crippen molar-refractivity contribution < 1.29 is 4.74 Å². The second-order valence-corrected chi connectivity index (χ2v) is 5.71. The lowest BCUT2D eigenvalue weighted by molar-refractivity contribution is 0.255. The van der Waals surface area contributed by atoms with Crippen LogP contribution in [-0.2, 0) is 6.54 Å². The minimum atomic E-state index is 0. The third-order valence-electron chi connectivity index (χ3n) is 4.02. The summed E-state index contributed by atoms with van der Waals surface area (Å²) in [6.07, 6.45) is 1.17. The molecule has 0 saturated carbocycles. The van der Waals surface area contributed by atoms with E-state index >= 15 is 0 Å². The summed E-state index contributed by atoms with van der Waals surface area (Å²) in [6.45, 7) is 9.95. The van der Waals surface area contributed by atoms with Gasteiger partial charge in [-0.2, -0.15) is 0 Å². The van der Waals surface area contributed by atoms with Gasteiger partial charge in [0.1, 0.15) is 5.75 Å². The maximum Gasteiger partial charge on any atom is 0.191 e. The summed E-state index contributed by atoms with van der Waals surface area (Å²) < 4.78 is 5.17. The van der Waals surface area contributed by atoms with E-state index in [-0.39, 0.29) is 24.0 Å². The number of likely N-dealkylation sites (N-methyl/N-ethyl adjacent to an activating group) is 1. The average Bonchev–Trinajstić information content (AvgIpc) is 2.59. The second kappa shape index (κ2) is 13.3. The van der Waals surface area contributed by atoms with Crippen LogP contribution in [0.3, 0.4) is 0 Å². The second-order valence-electron chi connectivity index (χ2n) is 5.71. The Kier molecular flexibility index (Phi) is 12.7. The first-order chi connectivity index (χ1) is 11.1. The van der Waals surface area contributed by atoms with E-state index in [0.29, 0.717) is 12.6 Å². The van der Waals surface area contributed by atoms with Crippen LogP contribution in [0.2, 0.25) is 0 Å². The molecule has 2 N–H and O–H groups in total. The van der Waals surface area contributed by atoms with Crippen molar-refractivity contribution in [2.24, 2.45) is 4.99 Å². The van der Waals surface area contributed by atoms with Crippen molar-refractivity contribution in [1.82, 2.24) is 15.5 Å². The van der Waals surface area contributed by atoms with Crippen LogP contribution >= 0.6 is 24.0 Å². The van der Waals surface area contributed by atoms with Gasteiger partial charge in [-0.15, -0.1) is 24.0 Å². The zero-order chi connectivity index (χ0) is 17.1. The Bertz CT molecular complexity index is 465. The lowest BCUT2D eigenvalue weighted by Crippen LogP contribution is -2.42. The zero-order valence-corrected chi connectivity index (χ0v) is 18.0. The number of guanidine groups is 1. The lowest BCUT2D eigenvalue weighted by Gasteiger charge is -2.24. The number of benzene rings is 1. The largest absolute Gasteiger partial charge is 0.497 e. The Hall–Kier alpha value is -1.02. The molecule has 0 aromatic heterocycles. The van der Waals surface area contributed by atoms with Crippen LogP contribution in [0.5, 0.6) is 5.75 Å². The summed E-state index contributed by atoms with van der Waals surface area (Å²) in [5, 5.41) is 6.68. The molecule has 24 heavy (non-hydrogen) atoms. The molecule has 0 aliphatic carbocycles. The fourth-order valence-electron chi connectivity index (χ4n) is 2.13. The van der Waals surface area contributed by atoms with Crippen LogP contribution < -0.4 is 15.4 Å². The van der Waals surface area contributed by atoms with Crippen LogP contribution in [-0.4, -0.2) is 50.7 Å². The molecular weight excluding hydrogens is 415 g/mol. The molecule has 0 aliphatic heterocycles. The quantitative estimate of drug-likeness (QED) is 0.346. The van der Waals surface area contributed by atoms with Crippen LogP contribution in [0.4, 0.5) is 0 Å².